The van der Waals surface area contributed by atoms with Gasteiger partial charge in [0.2, 0.25) is 5.95 Å². The van der Waals surface area contributed by atoms with Crippen LogP contribution in [-0.2, 0) is 20.1 Å². The molecule has 1 aromatic carbocycles. The van der Waals surface area contributed by atoms with Crippen LogP contribution in [0.15, 0.2) is 27.8 Å². The Labute approximate surface area is 163 Å². The van der Waals surface area contributed by atoms with Crippen LogP contribution in [-0.4, -0.2) is 25.2 Å². The third-order valence-electron chi connectivity index (χ3n) is 5.47. The molecule has 3 aromatic rings. The van der Waals surface area contributed by atoms with Crippen LogP contribution in [0.3, 0.4) is 0 Å². The quantitative estimate of drug-likeness (QED) is 0.697. The molecule has 0 fully saturated rings. The molecule has 0 unspecified atom stereocenters. The van der Waals surface area contributed by atoms with Gasteiger partial charge in [0.05, 0.1) is 0 Å². The van der Waals surface area contributed by atoms with E-state index in [0.717, 1.165) is 44.0 Å². The van der Waals surface area contributed by atoms with E-state index in [9.17, 15) is 9.59 Å². The van der Waals surface area contributed by atoms with E-state index < -0.39 is 0 Å². The van der Waals surface area contributed by atoms with E-state index in [-0.39, 0.29) is 11.2 Å². The largest absolute Gasteiger partial charge is 0.332 e. The van der Waals surface area contributed by atoms with Crippen molar-refractivity contribution in [1.82, 2.24) is 18.7 Å². The van der Waals surface area contributed by atoms with E-state index in [4.69, 9.17) is 4.98 Å². The third kappa shape index (κ3) is 2.85. The summed E-state index contributed by atoms with van der Waals surface area (Å²) < 4.78 is 4.86. The molecule has 0 N–H and O–H groups in total. The van der Waals surface area contributed by atoms with E-state index in [1.54, 1.807) is 7.05 Å². The number of rotatable bonds is 4. The zero-order valence-corrected chi connectivity index (χ0v) is 17.0. The molecule has 3 heterocycles. The predicted molar refractivity (Wildman–Crippen MR) is 112 cm³/mol. The summed E-state index contributed by atoms with van der Waals surface area (Å²) in [5, 5.41) is 0. The van der Waals surface area contributed by atoms with E-state index >= 15 is 0 Å². The molecule has 0 radical (unpaired) electrons. The number of hydrogen-bond donors (Lipinski definition) is 0. The molecule has 148 valence electrons. The normalized spacial score (nSPS) is 13.9. The molecule has 0 saturated carbocycles. The number of aromatic nitrogens is 4. The van der Waals surface area contributed by atoms with Crippen LogP contribution in [0.1, 0.15) is 37.3 Å². The lowest BCUT2D eigenvalue weighted by Crippen LogP contribution is -2.40. The Hall–Kier alpha value is -2.83. The van der Waals surface area contributed by atoms with Crippen molar-refractivity contribution in [2.24, 2.45) is 7.05 Å². The third-order valence-corrected chi connectivity index (χ3v) is 5.47. The number of anilines is 2. The lowest BCUT2D eigenvalue weighted by Gasteiger charge is -2.29. The van der Waals surface area contributed by atoms with Crippen molar-refractivity contribution >= 4 is 22.8 Å². The summed E-state index contributed by atoms with van der Waals surface area (Å²) in [5.74, 6) is 0.742. The molecule has 7 heteroatoms. The fourth-order valence-electron chi connectivity index (χ4n) is 4.13. The molecule has 7 nitrogen and oxygen atoms in total. The van der Waals surface area contributed by atoms with Crippen molar-refractivity contribution in [2.45, 2.75) is 53.1 Å². The summed E-state index contributed by atoms with van der Waals surface area (Å²) in [6.45, 7) is 8.23. The molecule has 1 aliphatic heterocycles. The van der Waals surface area contributed by atoms with Crippen molar-refractivity contribution in [1.29, 1.82) is 0 Å². The second-order valence-electron chi connectivity index (χ2n) is 7.74. The van der Waals surface area contributed by atoms with E-state index in [1.807, 2.05) is 4.57 Å². The molecule has 0 atom stereocenters. The van der Waals surface area contributed by atoms with Crippen molar-refractivity contribution in [3.63, 3.8) is 0 Å². The molecule has 0 spiro atoms. The van der Waals surface area contributed by atoms with Gasteiger partial charge in [0, 0.05) is 32.4 Å². The first-order chi connectivity index (χ1) is 13.4. The zero-order valence-electron chi connectivity index (χ0n) is 17.0. The van der Waals surface area contributed by atoms with Crippen LogP contribution in [0.2, 0.25) is 0 Å². The highest BCUT2D eigenvalue weighted by atomic mass is 16.2. The van der Waals surface area contributed by atoms with Crippen LogP contribution in [0, 0.1) is 13.8 Å². The summed E-state index contributed by atoms with van der Waals surface area (Å²) >= 11 is 0. The number of aryl methyl sites for hydroxylation is 4. The first kappa shape index (κ1) is 18.5. The minimum absolute atomic E-state index is 0.229. The van der Waals surface area contributed by atoms with Crippen molar-refractivity contribution in [3.8, 4) is 0 Å². The number of nitrogens with zero attached hydrogens (tertiary/aromatic N) is 5. The number of hydrogen-bond acceptors (Lipinski definition) is 4. The highest BCUT2D eigenvalue weighted by Crippen LogP contribution is 2.32. The molecular weight excluding hydrogens is 354 g/mol. The summed E-state index contributed by atoms with van der Waals surface area (Å²) in [6, 6.07) is 6.42. The van der Waals surface area contributed by atoms with Gasteiger partial charge >= 0.3 is 5.69 Å². The number of imidazole rings is 1. The van der Waals surface area contributed by atoms with Gasteiger partial charge in [0.1, 0.15) is 0 Å². The molecular formula is C21H27N5O2. The predicted octanol–water partition coefficient (Wildman–Crippen LogP) is 2.86. The smallest absolute Gasteiger partial charge is 0.312 e. The number of benzene rings is 1. The minimum atomic E-state index is -0.292. The van der Waals surface area contributed by atoms with Gasteiger partial charge in [0.25, 0.3) is 5.56 Å². The lowest BCUT2D eigenvalue weighted by molar-refractivity contribution is 0.560. The van der Waals surface area contributed by atoms with Crippen LogP contribution in [0.25, 0.3) is 11.2 Å². The zero-order chi connectivity index (χ0) is 20.0. The Balaban J connectivity index is 1.95. The van der Waals surface area contributed by atoms with Gasteiger partial charge in [-0.15, -0.1) is 0 Å². The Bertz CT molecular complexity index is 1150. The van der Waals surface area contributed by atoms with Crippen molar-refractivity contribution in [2.75, 3.05) is 11.4 Å². The van der Waals surface area contributed by atoms with Crippen LogP contribution in [0.4, 0.5) is 11.6 Å². The molecule has 0 amide bonds. The van der Waals surface area contributed by atoms with Gasteiger partial charge in [-0.3, -0.25) is 13.9 Å². The average Bonchev–Trinajstić information content (AvgIpc) is 3.05. The fraction of sp³-hybridized carbons (Fsp3) is 0.476. The van der Waals surface area contributed by atoms with Gasteiger partial charge in [-0.1, -0.05) is 19.4 Å². The standard InChI is InChI=1S/C21H27N5O2/c1-5-6-8-26-19(27)17-18(23(4)21(26)28)22-20-24(9-7-10-25(17)20)16-12-14(2)11-15(3)13-16/h11-13H,5-10H2,1-4H3. The van der Waals surface area contributed by atoms with Gasteiger partial charge in [-0.05, 0) is 49.9 Å². The summed E-state index contributed by atoms with van der Waals surface area (Å²) in [4.78, 5) is 32.8. The second kappa shape index (κ2) is 6.96. The Kier molecular flexibility index (Phi) is 4.61. The second-order valence-corrected chi connectivity index (χ2v) is 7.74. The summed E-state index contributed by atoms with van der Waals surface area (Å²) in [7, 11) is 1.70. The molecule has 28 heavy (non-hydrogen) atoms. The molecule has 1 aliphatic rings. The van der Waals surface area contributed by atoms with E-state index in [2.05, 4.69) is 43.9 Å². The highest BCUT2D eigenvalue weighted by molar-refractivity contribution is 5.77. The maximum absolute atomic E-state index is 13.2. The van der Waals surface area contributed by atoms with Crippen LogP contribution >= 0.6 is 0 Å². The SMILES string of the molecule is CCCCn1c(=O)c2c(nc3n2CCCN3c2cc(C)cc(C)c2)n(C)c1=O. The van der Waals surface area contributed by atoms with Crippen LogP contribution in [0.5, 0.6) is 0 Å². The number of unbranched alkanes of at least 4 members (excludes halogenated alkanes) is 1. The molecule has 4 rings (SSSR count). The minimum Gasteiger partial charge on any atom is -0.312 e. The van der Waals surface area contributed by atoms with Crippen molar-refractivity contribution in [3.05, 3.63) is 50.2 Å². The fourth-order valence-corrected chi connectivity index (χ4v) is 4.13. The van der Waals surface area contributed by atoms with Gasteiger partial charge in [-0.25, -0.2) is 4.79 Å². The molecule has 0 saturated heterocycles. The Morgan fingerprint density at radius 1 is 1.07 bits per heavy atom. The molecule has 2 aromatic heterocycles. The van der Waals surface area contributed by atoms with Gasteiger partial charge in [0.15, 0.2) is 11.2 Å². The summed E-state index contributed by atoms with van der Waals surface area (Å²) in [5.41, 5.74) is 3.93. The lowest BCUT2D eigenvalue weighted by atomic mass is 10.1. The first-order valence-electron chi connectivity index (χ1n) is 9.98. The maximum Gasteiger partial charge on any atom is 0.332 e. The Morgan fingerprint density at radius 3 is 2.46 bits per heavy atom. The monoisotopic (exact) mass is 381 g/mol. The maximum atomic E-state index is 13.2. The van der Waals surface area contributed by atoms with E-state index in [1.165, 1.54) is 20.3 Å². The summed E-state index contributed by atoms with van der Waals surface area (Å²) in [6.07, 6.45) is 2.65. The Morgan fingerprint density at radius 2 is 1.79 bits per heavy atom. The van der Waals surface area contributed by atoms with Crippen LogP contribution < -0.4 is 16.1 Å². The van der Waals surface area contributed by atoms with Gasteiger partial charge in [-0.2, -0.15) is 4.98 Å². The first-order valence-corrected chi connectivity index (χ1v) is 9.98. The highest BCUT2D eigenvalue weighted by Gasteiger charge is 2.27. The topological polar surface area (TPSA) is 65.1 Å². The average molecular weight is 381 g/mol. The number of fused-ring (bicyclic) bond motifs is 3. The molecule has 0 aliphatic carbocycles. The molecule has 0 bridgehead atoms. The van der Waals surface area contributed by atoms with Gasteiger partial charge < -0.3 is 9.47 Å². The van der Waals surface area contributed by atoms with Crippen molar-refractivity contribution < 1.29 is 0 Å². The van der Waals surface area contributed by atoms with E-state index in [0.29, 0.717) is 17.7 Å².